The van der Waals surface area contributed by atoms with Crippen LogP contribution in [0.1, 0.15) is 146 Å². The first-order valence-corrected chi connectivity index (χ1v) is 36.3. The van der Waals surface area contributed by atoms with E-state index in [0.29, 0.717) is 18.4 Å². The minimum Gasteiger partial charge on any atom is -0.508 e. The maximum atomic E-state index is 16.4. The first-order chi connectivity index (χ1) is 53.1. The molecule has 584 valence electrons. The van der Waals surface area contributed by atoms with Crippen molar-refractivity contribution >= 4 is 76.5 Å². The van der Waals surface area contributed by atoms with Gasteiger partial charge in [-0.15, -0.1) is 0 Å². The Morgan fingerprint density at radius 2 is 1.15 bits per heavy atom. The van der Waals surface area contributed by atoms with Crippen LogP contribution in [-0.2, 0) is 54.3 Å². The summed E-state index contributed by atoms with van der Waals surface area (Å²) >= 11 is 14.1. The fraction of sp³-hybridized carbons (Fsp3) is 0.338. The molecule has 1 saturated heterocycles. The molecular formula is C77H78Cl2N8O24. The summed E-state index contributed by atoms with van der Waals surface area (Å²) in [5, 5.41) is 134. The molecule has 111 heavy (non-hydrogen) atoms. The second-order valence-electron chi connectivity index (χ2n) is 27.3. The molecule has 34 heteroatoms. The third kappa shape index (κ3) is 17.2. The minimum atomic E-state index is -2.38. The highest BCUT2D eigenvalue weighted by atomic mass is 35.5. The van der Waals surface area contributed by atoms with E-state index in [1.54, 1.807) is 0 Å². The molecule has 0 spiro atoms. The maximum Gasteiger partial charge on any atom is 0.335 e. The van der Waals surface area contributed by atoms with Crippen LogP contribution in [0, 0.1) is 0 Å². The Morgan fingerprint density at radius 1 is 0.532 bits per heavy atom. The van der Waals surface area contributed by atoms with Crippen molar-refractivity contribution in [3.63, 3.8) is 0 Å². The standard InChI is InChI=1S/C77H78Cl2N8O24/c1-3-4-5-6-7-8-9-10-11-12-54(93)82-63-65(95)66(96)68(76(105)106)111-77(63)110-67-52-27-37-28-53(67)109-50-22-17-36(25-44(50)78)64(94)62-74(102)86-61(75(103)104)42-29-38(88)30-48(91)55(42)41-24-34(15-20-46(41)89)58(71(99)87-62)83-72(100)59(37)84-73(101)60-43-31-40(32-49(92)56(43)79)108-51-26-35(16-21-47(51)90)57(80-2)70(98)81-45(69(97)85-60)23-33-13-18-39(107-52)19-14-33/h13-22,24-32,45,57-66,68,77,80,88-92,94-96H,3-12,23H2,1-2H3,(H,81,98)(H,82,93)(H,83,100)(H,84,101)(H,85,97)(H,86,102)(H,87,99)(H,103,104)(H,105,106)/t45-,57+,58-,59-,60+,61-,62+,63-,64-,65-,66+,68+,77-/m1/s1. The number of carboxylic acids is 2. The average Bonchev–Trinajstić information content (AvgIpc) is 0.764. The van der Waals surface area contributed by atoms with Crippen molar-refractivity contribution in [1.82, 2.24) is 42.5 Å². The predicted molar refractivity (Wildman–Crippen MR) is 391 cm³/mol. The fourth-order valence-electron chi connectivity index (χ4n) is 13.9. The van der Waals surface area contributed by atoms with Gasteiger partial charge in [0.15, 0.2) is 35.1 Å². The van der Waals surface area contributed by atoms with Gasteiger partial charge in [0, 0.05) is 47.2 Å². The summed E-state index contributed by atoms with van der Waals surface area (Å²) in [4.78, 5) is 134. The number of rotatable bonds is 16. The number of fused-ring (bicyclic) bond motifs is 14. The lowest BCUT2D eigenvalue weighted by Crippen LogP contribution is -2.66. The van der Waals surface area contributed by atoms with Crippen LogP contribution >= 0.6 is 23.2 Å². The molecule has 17 bridgehead atoms. The highest BCUT2D eigenvalue weighted by Gasteiger charge is 2.51. The summed E-state index contributed by atoms with van der Waals surface area (Å²) in [7, 11) is 1.43. The van der Waals surface area contributed by atoms with Gasteiger partial charge in [0.05, 0.1) is 10.0 Å². The number of unbranched alkanes of at least 4 members (excludes halogenated alkanes) is 8. The number of carboxylic acid groups (broad SMARTS) is 2. The molecule has 18 N–H and O–H groups in total. The van der Waals surface area contributed by atoms with E-state index in [4.69, 9.17) is 46.9 Å². The number of hydrogen-bond donors (Lipinski definition) is 18. The summed E-state index contributed by atoms with van der Waals surface area (Å²) in [6.45, 7) is 2.12. The predicted octanol–water partition coefficient (Wildman–Crippen LogP) is 6.86. The molecule has 1 fully saturated rings. The van der Waals surface area contributed by atoms with Gasteiger partial charge in [0.25, 0.3) is 0 Å². The molecule has 0 unspecified atom stereocenters. The molecule has 7 aromatic rings. The van der Waals surface area contributed by atoms with E-state index < -0.39 is 222 Å². The smallest absolute Gasteiger partial charge is 0.335 e. The van der Waals surface area contributed by atoms with Crippen LogP contribution in [0.2, 0.25) is 10.0 Å². The number of benzene rings is 7. The number of aromatic hydroxyl groups is 5. The maximum absolute atomic E-state index is 16.4. The SMILES string of the molecule is CCCCCCCCCCCC(=O)N[C@H]1[C@H](Oc2c3cc4cc2Oc2ccc(cc2Cl)[C@@H](O)[C@@H]2NC(=O)[C@H](NC(=O)[C@@H]4NC(=O)[C@H]4NC(=O)[C@@H](Cc5ccc(cc5)O3)NC(=O)[C@@H](NC)c3ccc(O)c(c3)Oc3cc(O)c(Cl)c4c3)c3ccc(O)c(c3)-c3c(O)cc(O)cc3[C@H](C(=O)O)NC2=O)O[C@H](C(=O)O)[C@@H](O)[C@@H]1O. The van der Waals surface area contributed by atoms with Crippen LogP contribution in [0.25, 0.3) is 11.1 Å². The van der Waals surface area contributed by atoms with Crippen LogP contribution in [0.3, 0.4) is 0 Å². The zero-order valence-corrected chi connectivity index (χ0v) is 60.7. The van der Waals surface area contributed by atoms with Crippen molar-refractivity contribution in [3.8, 4) is 80.1 Å². The van der Waals surface area contributed by atoms with Crippen molar-refractivity contribution in [2.24, 2.45) is 0 Å². The lowest BCUT2D eigenvalue weighted by molar-refractivity contribution is -0.241. The molecule has 7 aromatic carbocycles. The lowest BCUT2D eigenvalue weighted by Gasteiger charge is -2.41. The summed E-state index contributed by atoms with van der Waals surface area (Å²) < 4.78 is 32.1. The molecule has 32 nitrogen and oxygen atoms in total. The van der Waals surface area contributed by atoms with Crippen molar-refractivity contribution in [2.45, 2.75) is 157 Å². The number of carbonyl (C=O) groups excluding carboxylic acids is 7. The van der Waals surface area contributed by atoms with Gasteiger partial charge in [-0.05, 0) is 114 Å². The number of nitrogens with one attached hydrogen (secondary N) is 8. The van der Waals surface area contributed by atoms with E-state index in [9.17, 15) is 75.0 Å². The Balaban J connectivity index is 1.09. The first-order valence-electron chi connectivity index (χ1n) is 35.5. The molecule has 0 saturated carbocycles. The Labute approximate surface area is 641 Å². The highest BCUT2D eigenvalue weighted by Crippen LogP contribution is 2.50. The summed E-state index contributed by atoms with van der Waals surface area (Å²) in [5.41, 5.74) is -2.67. The van der Waals surface area contributed by atoms with Crippen LogP contribution in [0.15, 0.2) is 115 Å². The molecule has 7 heterocycles. The van der Waals surface area contributed by atoms with Crippen molar-refractivity contribution < 1.29 is 118 Å². The van der Waals surface area contributed by atoms with Crippen LogP contribution in [-0.4, -0.2) is 154 Å². The van der Waals surface area contributed by atoms with Gasteiger partial charge in [-0.2, -0.15) is 0 Å². The number of aliphatic hydroxyl groups is 3. The van der Waals surface area contributed by atoms with Gasteiger partial charge < -0.3 is 117 Å². The van der Waals surface area contributed by atoms with Crippen molar-refractivity contribution in [1.29, 1.82) is 0 Å². The quantitative estimate of drug-likeness (QED) is 0.0439. The number of likely N-dealkylation sites (N-methyl/N-ethyl adjacent to an activating group) is 1. The third-order valence-corrected chi connectivity index (χ3v) is 20.3. The molecule has 7 amide bonds. The molecule has 0 aliphatic carbocycles. The normalized spacial score (nSPS) is 23.7. The van der Waals surface area contributed by atoms with Crippen LogP contribution < -0.4 is 61.5 Å². The van der Waals surface area contributed by atoms with Gasteiger partial charge in [0.2, 0.25) is 53.4 Å². The Bertz CT molecular complexity index is 4820. The zero-order valence-electron chi connectivity index (χ0n) is 59.2. The van der Waals surface area contributed by atoms with Gasteiger partial charge in [-0.3, -0.25) is 33.6 Å². The number of hydrogen-bond acceptors (Lipinski definition) is 23. The summed E-state index contributed by atoms with van der Waals surface area (Å²) in [6.07, 6.45) is -3.50. The van der Waals surface area contributed by atoms with E-state index in [1.165, 1.54) is 49.5 Å². The largest absolute Gasteiger partial charge is 0.508 e. The summed E-state index contributed by atoms with van der Waals surface area (Å²) in [6, 6.07) is 5.65. The zero-order chi connectivity index (χ0) is 79.4. The minimum absolute atomic E-state index is 0.116. The molecular weight excluding hydrogens is 1490 g/mol. The van der Waals surface area contributed by atoms with Gasteiger partial charge in [-0.25, -0.2) is 9.59 Å². The highest BCUT2D eigenvalue weighted by molar-refractivity contribution is 6.33. The number of aliphatic hydroxyl groups excluding tert-OH is 3. The number of carbonyl (C=O) groups is 9. The molecule has 7 aliphatic heterocycles. The van der Waals surface area contributed by atoms with Crippen LogP contribution in [0.5, 0.6) is 69.0 Å². The average molecular weight is 1570 g/mol. The first kappa shape index (κ1) is 78.9. The monoisotopic (exact) mass is 1570 g/mol. The number of aliphatic carboxylic acids is 2. The molecule has 14 rings (SSSR count). The van der Waals surface area contributed by atoms with Crippen molar-refractivity contribution in [3.05, 3.63) is 164 Å². The topological polar surface area (TPSA) is 498 Å². The molecule has 0 aromatic heterocycles. The fourth-order valence-corrected chi connectivity index (χ4v) is 14.3. The number of halogens is 2. The molecule has 7 aliphatic rings. The van der Waals surface area contributed by atoms with E-state index in [0.717, 1.165) is 118 Å². The third-order valence-electron chi connectivity index (χ3n) is 19.6. The van der Waals surface area contributed by atoms with Gasteiger partial charge in [0.1, 0.15) is 101 Å². The summed E-state index contributed by atoms with van der Waals surface area (Å²) in [5.74, 6) is -18.6. The number of amides is 7. The van der Waals surface area contributed by atoms with Gasteiger partial charge in [-0.1, -0.05) is 112 Å². The van der Waals surface area contributed by atoms with Crippen molar-refractivity contribution in [2.75, 3.05) is 7.05 Å². The van der Waals surface area contributed by atoms with E-state index in [1.807, 2.05) is 0 Å². The molecule has 0 radical (unpaired) electrons. The van der Waals surface area contributed by atoms with E-state index in [2.05, 4.69) is 49.5 Å². The molecule has 13 atom stereocenters. The van der Waals surface area contributed by atoms with Gasteiger partial charge >= 0.3 is 11.9 Å². The second-order valence-corrected chi connectivity index (χ2v) is 28.1. The Morgan fingerprint density at radius 3 is 1.84 bits per heavy atom. The number of phenolic OH excluding ortho intramolecular Hbond substituents is 5. The number of ether oxygens (including phenoxy) is 5. The number of phenols is 5. The van der Waals surface area contributed by atoms with Crippen LogP contribution in [0.4, 0.5) is 0 Å². The Kier molecular flexibility index (Phi) is 23.9. The Hall–Kier alpha value is -11.7. The van der Waals surface area contributed by atoms with E-state index >= 15 is 19.2 Å². The van der Waals surface area contributed by atoms with E-state index in [-0.39, 0.29) is 46.8 Å². The second kappa shape index (κ2) is 33.7. The lowest BCUT2D eigenvalue weighted by atomic mass is 9.89.